The molecule has 0 aliphatic heterocycles. The fourth-order valence-corrected chi connectivity index (χ4v) is 3.55. The van der Waals surface area contributed by atoms with Crippen LogP contribution in [0.25, 0.3) is 10.8 Å². The smallest absolute Gasteiger partial charge is 0.251 e. The van der Waals surface area contributed by atoms with Crippen molar-refractivity contribution in [3.63, 3.8) is 0 Å². The Labute approximate surface area is 146 Å². The molecule has 1 amide bonds. The Morgan fingerprint density at radius 3 is 2.24 bits per heavy atom. The van der Waals surface area contributed by atoms with Gasteiger partial charge in [0.15, 0.2) is 0 Å². The second-order valence-electron chi connectivity index (χ2n) is 6.63. The number of nitrogens with zero attached hydrogens (tertiary/aromatic N) is 1. The lowest BCUT2D eigenvalue weighted by atomic mass is 10.0. The molecule has 2 unspecified atom stereocenters. The molecule has 1 aliphatic carbocycles. The molecule has 1 aliphatic rings. The van der Waals surface area contributed by atoms with Crippen molar-refractivity contribution in [1.82, 2.24) is 5.32 Å². The van der Waals surface area contributed by atoms with Gasteiger partial charge in [-0.1, -0.05) is 36.4 Å². The van der Waals surface area contributed by atoms with Gasteiger partial charge in [-0.3, -0.25) is 4.79 Å². The van der Waals surface area contributed by atoms with Gasteiger partial charge in [-0.05, 0) is 46.2 Å². The zero-order valence-electron chi connectivity index (χ0n) is 14.2. The summed E-state index contributed by atoms with van der Waals surface area (Å²) in [5, 5.41) is 15.8. The van der Waals surface area contributed by atoms with E-state index in [1.165, 1.54) is 0 Å². The van der Waals surface area contributed by atoms with Gasteiger partial charge >= 0.3 is 0 Å². The van der Waals surface area contributed by atoms with Gasteiger partial charge in [-0.25, -0.2) is 0 Å². The van der Waals surface area contributed by atoms with Crippen LogP contribution in [0.4, 0.5) is 5.69 Å². The summed E-state index contributed by atoms with van der Waals surface area (Å²) in [6.45, 7) is 0. The molecule has 0 fully saturated rings. The minimum Gasteiger partial charge on any atom is -0.386 e. The molecule has 3 aromatic rings. The highest BCUT2D eigenvalue weighted by Crippen LogP contribution is 2.43. The third kappa shape index (κ3) is 2.55. The molecule has 2 atom stereocenters. The zero-order valence-corrected chi connectivity index (χ0v) is 14.2. The van der Waals surface area contributed by atoms with Gasteiger partial charge in [0.05, 0.1) is 6.04 Å². The van der Waals surface area contributed by atoms with Crippen LogP contribution in [0, 0.1) is 0 Å². The van der Waals surface area contributed by atoms with Crippen LogP contribution in [-0.4, -0.2) is 25.1 Å². The maximum Gasteiger partial charge on any atom is 0.251 e. The van der Waals surface area contributed by atoms with Crippen LogP contribution in [0.3, 0.4) is 0 Å². The van der Waals surface area contributed by atoms with Crippen LogP contribution >= 0.6 is 0 Å². The lowest BCUT2D eigenvalue weighted by molar-refractivity contribution is 0.0848. The molecule has 4 heteroatoms. The first-order valence-electron chi connectivity index (χ1n) is 8.34. The van der Waals surface area contributed by atoms with E-state index >= 15 is 0 Å². The summed E-state index contributed by atoms with van der Waals surface area (Å²) in [5.41, 5.74) is 3.47. The summed E-state index contributed by atoms with van der Waals surface area (Å²) in [7, 11) is 3.92. The maximum absolute atomic E-state index is 12.7. The third-order valence-corrected chi connectivity index (χ3v) is 4.87. The van der Waals surface area contributed by atoms with Crippen LogP contribution < -0.4 is 10.2 Å². The number of anilines is 1. The summed E-state index contributed by atoms with van der Waals surface area (Å²) >= 11 is 0. The predicted molar refractivity (Wildman–Crippen MR) is 99.9 cm³/mol. The van der Waals surface area contributed by atoms with Gasteiger partial charge in [-0.15, -0.1) is 0 Å². The normalized spacial score (nSPS) is 18.4. The number of amides is 1. The molecule has 4 nitrogen and oxygen atoms in total. The third-order valence-electron chi connectivity index (χ3n) is 4.87. The molecule has 0 saturated carbocycles. The Kier molecular flexibility index (Phi) is 3.70. The van der Waals surface area contributed by atoms with Gasteiger partial charge in [0.1, 0.15) is 6.10 Å². The van der Waals surface area contributed by atoms with Gasteiger partial charge in [0.2, 0.25) is 0 Å². The lowest BCUT2D eigenvalue weighted by Gasteiger charge is -2.19. The van der Waals surface area contributed by atoms with Crippen molar-refractivity contribution in [3.05, 3.63) is 77.4 Å². The molecule has 4 rings (SSSR count). The lowest BCUT2D eigenvalue weighted by Crippen LogP contribution is -2.30. The number of carbonyl (C=O) groups excluding carboxylic acids is 1. The minimum atomic E-state index is -0.730. The molecular weight excluding hydrogens is 312 g/mol. The van der Waals surface area contributed by atoms with E-state index in [4.69, 9.17) is 0 Å². The van der Waals surface area contributed by atoms with E-state index in [2.05, 4.69) is 5.32 Å². The number of hydrogen-bond acceptors (Lipinski definition) is 3. The van der Waals surface area contributed by atoms with Crippen LogP contribution in [-0.2, 0) is 0 Å². The average Bonchev–Trinajstić information content (AvgIpc) is 2.90. The van der Waals surface area contributed by atoms with Gasteiger partial charge in [-0.2, -0.15) is 0 Å². The van der Waals surface area contributed by atoms with E-state index in [0.29, 0.717) is 5.56 Å². The number of aliphatic hydroxyl groups is 1. The molecule has 3 aromatic carbocycles. The highest BCUT2D eigenvalue weighted by Gasteiger charge is 2.34. The summed E-state index contributed by atoms with van der Waals surface area (Å²) < 4.78 is 0. The molecule has 25 heavy (non-hydrogen) atoms. The zero-order chi connectivity index (χ0) is 17.6. The van der Waals surface area contributed by atoms with Crippen molar-refractivity contribution in [2.24, 2.45) is 0 Å². The largest absolute Gasteiger partial charge is 0.386 e. The van der Waals surface area contributed by atoms with Crippen molar-refractivity contribution < 1.29 is 9.90 Å². The standard InChI is InChI=1S/C21H20N2O2/c1-23(2)15-11-9-14(10-12-15)21(25)22-19-16-7-3-5-13-6-4-8-17(18(13)16)20(19)24/h3-12,19-20,24H,1-2H3,(H,22,25). The van der Waals surface area contributed by atoms with Crippen LogP contribution in [0.5, 0.6) is 0 Å². The van der Waals surface area contributed by atoms with Gasteiger partial charge in [0.25, 0.3) is 5.91 Å². The second kappa shape index (κ2) is 5.90. The Hall–Kier alpha value is -2.85. The number of rotatable bonds is 3. The Morgan fingerprint density at radius 2 is 1.60 bits per heavy atom. The molecule has 0 heterocycles. The highest BCUT2D eigenvalue weighted by atomic mass is 16.3. The summed E-state index contributed by atoms with van der Waals surface area (Å²) in [4.78, 5) is 14.6. The van der Waals surface area contributed by atoms with Crippen LogP contribution in [0.2, 0.25) is 0 Å². The molecule has 126 valence electrons. The van der Waals surface area contributed by atoms with E-state index in [0.717, 1.165) is 27.6 Å². The molecule has 0 aromatic heterocycles. The van der Waals surface area contributed by atoms with Crippen molar-refractivity contribution >= 4 is 22.4 Å². The van der Waals surface area contributed by atoms with E-state index < -0.39 is 12.1 Å². The summed E-state index contributed by atoms with van der Waals surface area (Å²) in [6, 6.07) is 18.9. The van der Waals surface area contributed by atoms with Crippen molar-refractivity contribution in [2.75, 3.05) is 19.0 Å². The Balaban J connectivity index is 1.63. The predicted octanol–water partition coefficient (Wildman–Crippen LogP) is 3.42. The molecular formula is C21H20N2O2. The number of nitrogens with one attached hydrogen (secondary N) is 1. The SMILES string of the molecule is CN(C)c1ccc(C(=O)NC2c3cccc4cccc(c34)C2O)cc1. The van der Waals surface area contributed by atoms with E-state index in [1.807, 2.05) is 67.5 Å². The van der Waals surface area contributed by atoms with Crippen molar-refractivity contribution in [3.8, 4) is 0 Å². The molecule has 2 N–H and O–H groups in total. The first kappa shape index (κ1) is 15.7. The van der Waals surface area contributed by atoms with Crippen LogP contribution in [0.15, 0.2) is 60.7 Å². The molecule has 0 spiro atoms. The summed E-state index contributed by atoms with van der Waals surface area (Å²) in [6.07, 6.45) is -0.730. The molecule has 0 bridgehead atoms. The number of hydrogen-bond donors (Lipinski definition) is 2. The topological polar surface area (TPSA) is 52.6 Å². The number of aliphatic hydroxyl groups excluding tert-OH is 1. The molecule has 0 radical (unpaired) electrons. The second-order valence-corrected chi connectivity index (χ2v) is 6.63. The Bertz CT molecular complexity index is 943. The van der Waals surface area contributed by atoms with Gasteiger partial charge < -0.3 is 15.3 Å². The average molecular weight is 332 g/mol. The monoisotopic (exact) mass is 332 g/mol. The Morgan fingerprint density at radius 1 is 0.960 bits per heavy atom. The summed E-state index contributed by atoms with van der Waals surface area (Å²) in [5.74, 6) is -0.181. The quantitative estimate of drug-likeness (QED) is 0.773. The van der Waals surface area contributed by atoms with E-state index in [-0.39, 0.29) is 5.91 Å². The van der Waals surface area contributed by atoms with Crippen LogP contribution in [0.1, 0.15) is 33.6 Å². The van der Waals surface area contributed by atoms with E-state index in [9.17, 15) is 9.90 Å². The first-order chi connectivity index (χ1) is 12.1. The first-order valence-corrected chi connectivity index (χ1v) is 8.34. The fourth-order valence-electron chi connectivity index (χ4n) is 3.55. The van der Waals surface area contributed by atoms with E-state index in [1.54, 1.807) is 12.1 Å². The molecule has 0 saturated heterocycles. The fraction of sp³-hybridized carbons (Fsp3) is 0.190. The highest BCUT2D eigenvalue weighted by molar-refractivity contribution is 5.97. The van der Waals surface area contributed by atoms with Crippen molar-refractivity contribution in [2.45, 2.75) is 12.1 Å². The van der Waals surface area contributed by atoms with Crippen molar-refractivity contribution in [1.29, 1.82) is 0 Å². The minimum absolute atomic E-state index is 0.181. The van der Waals surface area contributed by atoms with Gasteiger partial charge in [0, 0.05) is 25.3 Å². The number of carbonyl (C=O) groups is 1. The number of benzene rings is 3. The maximum atomic E-state index is 12.7.